The van der Waals surface area contributed by atoms with E-state index in [1.807, 2.05) is 6.20 Å². The second kappa shape index (κ2) is 7.47. The highest BCUT2D eigenvalue weighted by Crippen LogP contribution is 2.46. The summed E-state index contributed by atoms with van der Waals surface area (Å²) in [4.78, 5) is 9.69. The molecule has 1 fully saturated rings. The second-order valence-electron chi connectivity index (χ2n) is 8.81. The number of aromatic nitrogens is 2. The number of piperidine rings is 1. The van der Waals surface area contributed by atoms with Crippen LogP contribution in [0.25, 0.3) is 22.0 Å². The van der Waals surface area contributed by atoms with E-state index in [1.165, 1.54) is 45.9 Å². The molecule has 2 heterocycles. The Morgan fingerprint density at radius 3 is 2.65 bits per heavy atom. The molecule has 2 aliphatic rings. The molecule has 0 bridgehead atoms. The lowest BCUT2D eigenvalue weighted by molar-refractivity contribution is 0.302. The fourth-order valence-electron chi connectivity index (χ4n) is 5.44. The zero-order chi connectivity index (χ0) is 20.7. The quantitative estimate of drug-likeness (QED) is 0.498. The Bertz CT molecular complexity index is 1250. The van der Waals surface area contributed by atoms with Crippen molar-refractivity contribution in [1.82, 2.24) is 15.3 Å². The summed E-state index contributed by atoms with van der Waals surface area (Å²) in [5.41, 5.74) is 6.58. The first kappa shape index (κ1) is 18.5. The molecule has 0 atom stereocenters. The minimum atomic E-state index is 0.218. The van der Waals surface area contributed by atoms with Crippen LogP contribution in [0.15, 0.2) is 72.9 Å². The van der Waals surface area contributed by atoms with Crippen LogP contribution in [0.3, 0.4) is 0 Å². The van der Waals surface area contributed by atoms with Crippen molar-refractivity contribution in [1.29, 1.82) is 0 Å². The first-order chi connectivity index (χ1) is 15.3. The van der Waals surface area contributed by atoms with Crippen LogP contribution in [0.5, 0.6) is 0 Å². The van der Waals surface area contributed by atoms with Crippen LogP contribution in [-0.2, 0) is 18.4 Å². The lowest BCUT2D eigenvalue weighted by atomic mass is 9.64. The maximum atomic E-state index is 4.99. The molecular weight excluding hydrogens is 380 g/mol. The number of nitrogens with zero attached hydrogens (tertiary/aromatic N) is 2. The SMILES string of the molecule is c1ccc2c(c1)-c1nc(NCc3cccc4ccccc34)ncc1CC21CCNCC1. The average Bonchev–Trinajstić information content (AvgIpc) is 2.84. The van der Waals surface area contributed by atoms with E-state index in [-0.39, 0.29) is 5.41 Å². The van der Waals surface area contributed by atoms with Gasteiger partial charge in [0.05, 0.1) is 5.69 Å². The second-order valence-corrected chi connectivity index (χ2v) is 8.81. The van der Waals surface area contributed by atoms with Crippen molar-refractivity contribution >= 4 is 16.7 Å². The fraction of sp³-hybridized carbons (Fsp3) is 0.259. The summed E-state index contributed by atoms with van der Waals surface area (Å²) in [6.07, 6.45) is 5.42. The Balaban J connectivity index is 1.33. The smallest absolute Gasteiger partial charge is 0.223 e. The summed E-state index contributed by atoms with van der Waals surface area (Å²) in [5.74, 6) is 0.697. The summed E-state index contributed by atoms with van der Waals surface area (Å²) in [7, 11) is 0. The lowest BCUT2D eigenvalue weighted by Crippen LogP contribution is -2.43. The van der Waals surface area contributed by atoms with Crippen LogP contribution < -0.4 is 10.6 Å². The summed E-state index contributed by atoms with van der Waals surface area (Å²) in [6.45, 7) is 2.86. The van der Waals surface area contributed by atoms with Gasteiger partial charge >= 0.3 is 0 Å². The molecular formula is C27H26N4. The van der Waals surface area contributed by atoms with Crippen LogP contribution in [0.2, 0.25) is 0 Å². The fourth-order valence-corrected chi connectivity index (χ4v) is 5.44. The zero-order valence-corrected chi connectivity index (χ0v) is 17.6. The van der Waals surface area contributed by atoms with Crippen molar-refractivity contribution in [3.05, 3.63) is 89.6 Å². The van der Waals surface area contributed by atoms with Crippen molar-refractivity contribution in [3.63, 3.8) is 0 Å². The van der Waals surface area contributed by atoms with E-state index >= 15 is 0 Å². The third kappa shape index (κ3) is 3.19. The van der Waals surface area contributed by atoms with Crippen LogP contribution in [0.1, 0.15) is 29.5 Å². The predicted molar refractivity (Wildman–Crippen MR) is 126 cm³/mol. The van der Waals surface area contributed by atoms with Crippen molar-refractivity contribution < 1.29 is 0 Å². The topological polar surface area (TPSA) is 49.8 Å². The van der Waals surface area contributed by atoms with E-state index in [0.29, 0.717) is 12.5 Å². The number of nitrogens with one attached hydrogen (secondary N) is 2. The largest absolute Gasteiger partial charge is 0.350 e. The van der Waals surface area contributed by atoms with E-state index in [1.54, 1.807) is 0 Å². The van der Waals surface area contributed by atoms with Gasteiger partial charge in [-0.15, -0.1) is 0 Å². The van der Waals surface area contributed by atoms with Crippen LogP contribution in [-0.4, -0.2) is 23.1 Å². The monoisotopic (exact) mass is 406 g/mol. The molecule has 0 amide bonds. The maximum Gasteiger partial charge on any atom is 0.223 e. The Labute approximate surface area is 182 Å². The molecule has 3 aromatic carbocycles. The predicted octanol–water partition coefficient (Wildman–Crippen LogP) is 5.09. The normalized spacial score (nSPS) is 16.6. The molecule has 1 aromatic heterocycles. The molecule has 0 radical (unpaired) electrons. The van der Waals surface area contributed by atoms with Gasteiger partial charge in [-0.3, -0.25) is 0 Å². The molecule has 0 saturated carbocycles. The highest BCUT2D eigenvalue weighted by molar-refractivity contribution is 5.85. The molecule has 0 unspecified atom stereocenters. The number of fused-ring (bicyclic) bond motifs is 5. The summed E-state index contributed by atoms with van der Waals surface area (Å²) >= 11 is 0. The van der Waals surface area contributed by atoms with Crippen molar-refractivity contribution in [3.8, 4) is 11.3 Å². The number of hydrogen-bond acceptors (Lipinski definition) is 4. The van der Waals surface area contributed by atoms with E-state index in [4.69, 9.17) is 9.97 Å². The van der Waals surface area contributed by atoms with Crippen LogP contribution in [0, 0.1) is 0 Å². The third-order valence-electron chi connectivity index (χ3n) is 7.02. The molecule has 1 saturated heterocycles. The maximum absolute atomic E-state index is 4.99. The molecule has 2 N–H and O–H groups in total. The van der Waals surface area contributed by atoms with Gasteiger partial charge in [0, 0.05) is 23.7 Å². The average molecular weight is 407 g/mol. The number of anilines is 1. The van der Waals surface area contributed by atoms with Gasteiger partial charge in [-0.1, -0.05) is 66.7 Å². The van der Waals surface area contributed by atoms with E-state index in [2.05, 4.69) is 77.4 Å². The molecule has 6 rings (SSSR count). The minimum absolute atomic E-state index is 0.218. The summed E-state index contributed by atoms with van der Waals surface area (Å²) in [5, 5.41) is 9.53. The molecule has 4 heteroatoms. The van der Waals surface area contributed by atoms with Crippen molar-refractivity contribution in [2.24, 2.45) is 0 Å². The van der Waals surface area contributed by atoms with Crippen molar-refractivity contribution in [2.45, 2.75) is 31.2 Å². The summed E-state index contributed by atoms with van der Waals surface area (Å²) < 4.78 is 0. The molecule has 1 aliphatic heterocycles. The lowest BCUT2D eigenvalue weighted by Gasteiger charge is -2.42. The van der Waals surface area contributed by atoms with E-state index < -0.39 is 0 Å². The first-order valence-corrected chi connectivity index (χ1v) is 11.2. The molecule has 4 nitrogen and oxygen atoms in total. The van der Waals surface area contributed by atoms with Gasteiger partial charge < -0.3 is 10.6 Å². The standard InChI is InChI=1S/C27H26N4/c1-2-9-22-19(6-1)7-5-8-20(22)17-29-26-30-18-21-16-27(12-14-28-15-13-27)24-11-4-3-10-23(24)25(21)31-26/h1-11,18,28H,12-17H2,(H,29,30,31). The van der Waals surface area contributed by atoms with Gasteiger partial charge in [0.15, 0.2) is 0 Å². The van der Waals surface area contributed by atoms with E-state index in [9.17, 15) is 0 Å². The van der Waals surface area contributed by atoms with Crippen molar-refractivity contribution in [2.75, 3.05) is 18.4 Å². The minimum Gasteiger partial charge on any atom is -0.350 e. The number of hydrogen-bond donors (Lipinski definition) is 2. The highest BCUT2D eigenvalue weighted by Gasteiger charge is 2.40. The molecule has 31 heavy (non-hydrogen) atoms. The molecule has 1 aliphatic carbocycles. The first-order valence-electron chi connectivity index (χ1n) is 11.2. The molecule has 1 spiro atoms. The number of benzene rings is 3. The summed E-state index contributed by atoms with van der Waals surface area (Å²) in [6, 6.07) is 23.8. The molecule has 154 valence electrons. The molecule has 4 aromatic rings. The Hall–Kier alpha value is -3.24. The zero-order valence-electron chi connectivity index (χ0n) is 17.6. The van der Waals surface area contributed by atoms with E-state index in [0.717, 1.165) is 25.2 Å². The highest BCUT2D eigenvalue weighted by atomic mass is 15.1. The third-order valence-corrected chi connectivity index (χ3v) is 7.02. The van der Waals surface area contributed by atoms with Gasteiger partial charge in [-0.05, 0) is 59.8 Å². The van der Waals surface area contributed by atoms with Gasteiger partial charge in [-0.25, -0.2) is 9.97 Å². The Morgan fingerprint density at radius 2 is 1.71 bits per heavy atom. The Kier molecular flexibility index (Phi) is 4.46. The van der Waals surface area contributed by atoms with Crippen LogP contribution in [0.4, 0.5) is 5.95 Å². The van der Waals surface area contributed by atoms with Gasteiger partial charge in [-0.2, -0.15) is 0 Å². The van der Waals surface area contributed by atoms with Gasteiger partial charge in [0.2, 0.25) is 5.95 Å². The van der Waals surface area contributed by atoms with Crippen LogP contribution >= 0.6 is 0 Å². The van der Waals surface area contributed by atoms with Gasteiger partial charge in [0.25, 0.3) is 0 Å². The van der Waals surface area contributed by atoms with Gasteiger partial charge in [0.1, 0.15) is 0 Å². The Morgan fingerprint density at radius 1 is 0.903 bits per heavy atom. The number of rotatable bonds is 3.